The summed E-state index contributed by atoms with van der Waals surface area (Å²) in [6.07, 6.45) is 4.92. The fraction of sp³-hybridized carbons (Fsp3) is 0.176. The molecule has 120 valence electrons. The smallest absolute Gasteiger partial charge is 0.354 e. The number of esters is 2. The normalized spacial score (nSPS) is 11.0. The van der Waals surface area contributed by atoms with Crippen molar-refractivity contribution < 1.29 is 19.1 Å². The van der Waals surface area contributed by atoms with Crippen molar-refractivity contribution in [2.24, 2.45) is 0 Å². The maximum atomic E-state index is 11.8. The molecule has 1 aromatic heterocycles. The van der Waals surface area contributed by atoms with E-state index in [9.17, 15) is 9.59 Å². The Morgan fingerprint density at radius 3 is 2.39 bits per heavy atom. The Kier molecular flexibility index (Phi) is 5.19. The summed E-state index contributed by atoms with van der Waals surface area (Å²) >= 11 is 0. The van der Waals surface area contributed by atoms with E-state index in [2.05, 4.69) is 14.8 Å². The molecule has 0 saturated carbocycles. The Morgan fingerprint density at radius 2 is 1.78 bits per heavy atom. The zero-order valence-electron chi connectivity index (χ0n) is 13.2. The molecule has 1 N–H and O–H groups in total. The Labute approximate surface area is 134 Å². The van der Waals surface area contributed by atoms with Gasteiger partial charge in [-0.25, -0.2) is 9.59 Å². The first-order chi connectivity index (χ1) is 11.1. The molecule has 0 unspecified atom stereocenters. The van der Waals surface area contributed by atoms with Crippen LogP contribution in [0.3, 0.4) is 0 Å². The summed E-state index contributed by atoms with van der Waals surface area (Å²) in [5, 5.41) is 2.94. The van der Waals surface area contributed by atoms with Gasteiger partial charge in [0.2, 0.25) is 0 Å². The van der Waals surface area contributed by atoms with Gasteiger partial charge in [0.15, 0.2) is 0 Å². The van der Waals surface area contributed by atoms with Gasteiger partial charge in [0.1, 0.15) is 5.70 Å². The van der Waals surface area contributed by atoms with Crippen molar-refractivity contribution in [3.05, 3.63) is 60.1 Å². The predicted octanol–water partition coefficient (Wildman–Crippen LogP) is 2.43. The van der Waals surface area contributed by atoms with E-state index in [1.165, 1.54) is 14.2 Å². The molecule has 0 radical (unpaired) electrons. The van der Waals surface area contributed by atoms with Gasteiger partial charge in [-0.1, -0.05) is 6.07 Å². The molecular weight excluding hydrogens is 296 g/mol. The minimum atomic E-state index is -0.652. The molecule has 0 fully saturated rings. The maximum Gasteiger partial charge on any atom is 0.354 e. The van der Waals surface area contributed by atoms with Gasteiger partial charge in [-0.3, -0.25) is 0 Å². The molecule has 0 amide bonds. The first-order valence-electron chi connectivity index (χ1n) is 6.94. The molecule has 1 heterocycles. The van der Waals surface area contributed by atoms with Crippen LogP contribution in [0, 0.1) is 6.92 Å². The Morgan fingerprint density at radius 1 is 1.09 bits per heavy atom. The quantitative estimate of drug-likeness (QED) is 0.678. The lowest BCUT2D eigenvalue weighted by Crippen LogP contribution is -2.16. The standard InChI is InChI=1S/C17H18N2O4/c1-12-13(7-6-8-15(12)19-9-4-5-10-19)18-14(17(21)23-3)11-16(20)22-2/h4-11,18H,1-3H3/b14-11+. The molecule has 2 rings (SSSR count). The average Bonchev–Trinajstić information content (AvgIpc) is 3.09. The van der Waals surface area contributed by atoms with Crippen LogP contribution in [0.4, 0.5) is 5.69 Å². The number of carbonyl (C=O) groups is 2. The lowest BCUT2D eigenvalue weighted by atomic mass is 10.1. The molecule has 0 spiro atoms. The number of aromatic nitrogens is 1. The topological polar surface area (TPSA) is 69.6 Å². The van der Waals surface area contributed by atoms with Crippen LogP contribution in [0.5, 0.6) is 0 Å². The fourth-order valence-corrected chi connectivity index (χ4v) is 2.11. The number of ether oxygens (including phenoxy) is 2. The van der Waals surface area contributed by atoms with E-state index in [4.69, 9.17) is 0 Å². The van der Waals surface area contributed by atoms with E-state index in [-0.39, 0.29) is 5.70 Å². The summed E-state index contributed by atoms with van der Waals surface area (Å²) in [6, 6.07) is 9.49. The number of rotatable bonds is 5. The number of benzene rings is 1. The highest BCUT2D eigenvalue weighted by Gasteiger charge is 2.14. The second-order valence-electron chi connectivity index (χ2n) is 4.74. The number of anilines is 1. The molecule has 0 aliphatic carbocycles. The Balaban J connectivity index is 2.38. The van der Waals surface area contributed by atoms with Crippen LogP contribution in [0.25, 0.3) is 5.69 Å². The number of carbonyl (C=O) groups excluding carboxylic acids is 2. The van der Waals surface area contributed by atoms with Crippen LogP contribution < -0.4 is 5.32 Å². The highest BCUT2D eigenvalue weighted by atomic mass is 16.5. The monoisotopic (exact) mass is 314 g/mol. The summed E-state index contributed by atoms with van der Waals surface area (Å²) in [7, 11) is 2.49. The van der Waals surface area contributed by atoms with Gasteiger partial charge in [-0.15, -0.1) is 0 Å². The third kappa shape index (κ3) is 3.79. The van der Waals surface area contributed by atoms with Gasteiger partial charge in [0.25, 0.3) is 0 Å². The SMILES string of the molecule is COC(=O)/C=C(/Nc1cccc(-n2cccc2)c1C)C(=O)OC. The van der Waals surface area contributed by atoms with Crippen molar-refractivity contribution in [3.63, 3.8) is 0 Å². The molecule has 0 aliphatic heterocycles. The van der Waals surface area contributed by atoms with Crippen LogP contribution in [-0.2, 0) is 19.1 Å². The van der Waals surface area contributed by atoms with Crippen molar-refractivity contribution in [3.8, 4) is 5.69 Å². The largest absolute Gasteiger partial charge is 0.466 e. The molecule has 6 heteroatoms. The zero-order valence-corrected chi connectivity index (χ0v) is 13.2. The molecule has 0 saturated heterocycles. The van der Waals surface area contributed by atoms with Gasteiger partial charge >= 0.3 is 11.9 Å². The molecule has 23 heavy (non-hydrogen) atoms. The maximum absolute atomic E-state index is 11.8. The number of hydrogen-bond donors (Lipinski definition) is 1. The van der Waals surface area contributed by atoms with Crippen molar-refractivity contribution in [2.75, 3.05) is 19.5 Å². The van der Waals surface area contributed by atoms with E-state index in [1.54, 1.807) is 0 Å². The van der Waals surface area contributed by atoms with Gasteiger partial charge in [-0.2, -0.15) is 0 Å². The van der Waals surface area contributed by atoms with E-state index < -0.39 is 11.9 Å². The second-order valence-corrected chi connectivity index (χ2v) is 4.74. The summed E-state index contributed by atoms with van der Waals surface area (Å²) < 4.78 is 11.2. The molecule has 6 nitrogen and oxygen atoms in total. The fourth-order valence-electron chi connectivity index (χ4n) is 2.11. The third-order valence-electron chi connectivity index (χ3n) is 3.33. The van der Waals surface area contributed by atoms with Crippen LogP contribution in [0.15, 0.2) is 54.5 Å². The first-order valence-corrected chi connectivity index (χ1v) is 6.94. The minimum absolute atomic E-state index is 0.00658. The minimum Gasteiger partial charge on any atom is -0.466 e. The number of methoxy groups -OCH3 is 2. The van der Waals surface area contributed by atoms with Crippen LogP contribution in [0.2, 0.25) is 0 Å². The molecule has 0 aliphatic rings. The Hall–Kier alpha value is -3.02. The lowest BCUT2D eigenvalue weighted by Gasteiger charge is -2.15. The molecular formula is C17H18N2O4. The highest BCUT2D eigenvalue weighted by Crippen LogP contribution is 2.24. The molecule has 1 aromatic carbocycles. The van der Waals surface area contributed by atoms with Crippen LogP contribution in [0.1, 0.15) is 5.56 Å². The third-order valence-corrected chi connectivity index (χ3v) is 3.33. The Bertz CT molecular complexity index is 733. The van der Waals surface area contributed by atoms with E-state index >= 15 is 0 Å². The zero-order chi connectivity index (χ0) is 16.8. The number of hydrogen-bond acceptors (Lipinski definition) is 5. The summed E-state index contributed by atoms with van der Waals surface area (Å²) in [5.74, 6) is -1.29. The number of nitrogens with zero attached hydrogens (tertiary/aromatic N) is 1. The predicted molar refractivity (Wildman–Crippen MR) is 86.2 cm³/mol. The van der Waals surface area contributed by atoms with Gasteiger partial charge in [0, 0.05) is 23.8 Å². The summed E-state index contributed by atoms with van der Waals surface area (Å²) in [5.41, 5.74) is 2.58. The van der Waals surface area contributed by atoms with Crippen molar-refractivity contribution in [2.45, 2.75) is 6.92 Å². The van der Waals surface area contributed by atoms with Gasteiger partial charge in [0.05, 0.1) is 20.3 Å². The highest BCUT2D eigenvalue weighted by molar-refractivity contribution is 5.98. The van der Waals surface area contributed by atoms with Crippen molar-refractivity contribution in [1.82, 2.24) is 4.57 Å². The summed E-state index contributed by atoms with van der Waals surface area (Å²) in [6.45, 7) is 1.92. The molecule has 0 atom stereocenters. The van der Waals surface area contributed by atoms with E-state index in [0.717, 1.165) is 17.3 Å². The van der Waals surface area contributed by atoms with Crippen molar-refractivity contribution in [1.29, 1.82) is 0 Å². The van der Waals surface area contributed by atoms with E-state index in [0.29, 0.717) is 5.69 Å². The van der Waals surface area contributed by atoms with Crippen LogP contribution in [-0.4, -0.2) is 30.7 Å². The molecule has 0 bridgehead atoms. The molecule has 2 aromatic rings. The first kappa shape index (κ1) is 16.4. The second kappa shape index (κ2) is 7.31. The van der Waals surface area contributed by atoms with Crippen LogP contribution >= 0.6 is 0 Å². The average molecular weight is 314 g/mol. The van der Waals surface area contributed by atoms with Gasteiger partial charge in [-0.05, 0) is 36.8 Å². The van der Waals surface area contributed by atoms with E-state index in [1.807, 2.05) is 54.2 Å². The van der Waals surface area contributed by atoms with Crippen molar-refractivity contribution >= 4 is 17.6 Å². The number of nitrogens with one attached hydrogen (secondary N) is 1. The lowest BCUT2D eigenvalue weighted by molar-refractivity contribution is -0.138. The summed E-state index contributed by atoms with van der Waals surface area (Å²) in [4.78, 5) is 23.2. The van der Waals surface area contributed by atoms with Gasteiger partial charge < -0.3 is 19.4 Å².